The third-order valence-corrected chi connectivity index (χ3v) is 3.76. The zero-order valence-electron chi connectivity index (χ0n) is 11.4. The Bertz CT molecular complexity index is 422. The van der Waals surface area contributed by atoms with Crippen LogP contribution in [-0.4, -0.2) is 25.2 Å². The molecule has 0 amide bonds. The Morgan fingerprint density at radius 3 is 2.63 bits per heavy atom. The van der Waals surface area contributed by atoms with Crippen molar-refractivity contribution >= 4 is 11.9 Å². The van der Waals surface area contributed by atoms with Crippen LogP contribution in [0.5, 0.6) is 0 Å². The van der Waals surface area contributed by atoms with Gasteiger partial charge in [0.1, 0.15) is 0 Å². The molecule has 0 heterocycles. The maximum absolute atomic E-state index is 12.0. The summed E-state index contributed by atoms with van der Waals surface area (Å²) in [5.41, 5.74) is 0.608. The van der Waals surface area contributed by atoms with Gasteiger partial charge >= 0.3 is 11.9 Å². The molecule has 1 saturated carbocycles. The molecule has 3 atom stereocenters. The van der Waals surface area contributed by atoms with Crippen LogP contribution in [0.3, 0.4) is 0 Å². The second-order valence-electron chi connectivity index (χ2n) is 4.92. The number of carbonyl (C=O) groups is 2. The van der Waals surface area contributed by atoms with Gasteiger partial charge in [0, 0.05) is 11.5 Å². The van der Waals surface area contributed by atoms with Crippen molar-refractivity contribution in [2.45, 2.75) is 26.7 Å². The van der Waals surface area contributed by atoms with Crippen LogP contribution in [0.1, 0.15) is 26.7 Å². The molecule has 0 saturated heterocycles. The van der Waals surface area contributed by atoms with E-state index < -0.39 is 0 Å². The number of carbonyl (C=O) groups excluding carboxylic acids is 2. The van der Waals surface area contributed by atoms with E-state index in [1.165, 1.54) is 0 Å². The lowest BCUT2D eigenvalue weighted by atomic mass is 9.88. The first kappa shape index (κ1) is 13.8. The Labute approximate surface area is 113 Å². The molecule has 2 aliphatic carbocycles. The van der Waals surface area contributed by atoms with E-state index in [2.05, 4.69) is 6.08 Å². The Kier molecular flexibility index (Phi) is 4.40. The minimum atomic E-state index is -0.311. The first-order valence-corrected chi connectivity index (χ1v) is 6.89. The number of hydrogen-bond acceptors (Lipinski definition) is 4. The highest BCUT2D eigenvalue weighted by Gasteiger charge is 2.43. The van der Waals surface area contributed by atoms with Crippen molar-refractivity contribution in [3.05, 3.63) is 23.8 Å². The average molecular weight is 264 g/mol. The first-order chi connectivity index (χ1) is 9.17. The fraction of sp³-hybridized carbons (Fsp3) is 0.600. The van der Waals surface area contributed by atoms with E-state index in [9.17, 15) is 9.59 Å². The lowest BCUT2D eigenvalue weighted by Crippen LogP contribution is -2.26. The van der Waals surface area contributed by atoms with E-state index in [1.807, 2.05) is 6.08 Å². The molecule has 1 fully saturated rings. The minimum absolute atomic E-state index is 0.0712. The summed E-state index contributed by atoms with van der Waals surface area (Å²) < 4.78 is 10.2. The van der Waals surface area contributed by atoms with Crippen molar-refractivity contribution < 1.29 is 19.1 Å². The second kappa shape index (κ2) is 6.04. The monoisotopic (exact) mass is 264 g/mol. The minimum Gasteiger partial charge on any atom is -0.466 e. The highest BCUT2D eigenvalue weighted by atomic mass is 16.5. The van der Waals surface area contributed by atoms with Crippen LogP contribution in [-0.2, 0) is 19.1 Å². The molecule has 0 unspecified atom stereocenters. The highest BCUT2D eigenvalue weighted by molar-refractivity contribution is 5.91. The number of allylic oxidation sites excluding steroid dienone is 3. The SMILES string of the molecule is CCOC(=O)C1=CC=C[C@H]2C[C@H](C(=O)OCC)[C@H]1C2. The normalized spacial score (nSPS) is 28.5. The van der Waals surface area contributed by atoms with Crippen LogP contribution in [0.2, 0.25) is 0 Å². The second-order valence-corrected chi connectivity index (χ2v) is 4.92. The summed E-state index contributed by atoms with van der Waals surface area (Å²) >= 11 is 0. The average Bonchev–Trinajstić information content (AvgIpc) is 2.65. The van der Waals surface area contributed by atoms with Gasteiger partial charge in [-0.15, -0.1) is 0 Å². The maximum Gasteiger partial charge on any atom is 0.334 e. The Hall–Kier alpha value is -1.58. The Morgan fingerprint density at radius 1 is 1.21 bits per heavy atom. The summed E-state index contributed by atoms with van der Waals surface area (Å²) in [6.07, 6.45) is 7.34. The van der Waals surface area contributed by atoms with Crippen LogP contribution in [0.25, 0.3) is 0 Å². The van der Waals surface area contributed by atoms with Gasteiger partial charge in [-0.3, -0.25) is 4.79 Å². The van der Waals surface area contributed by atoms with Crippen LogP contribution >= 0.6 is 0 Å². The van der Waals surface area contributed by atoms with Gasteiger partial charge < -0.3 is 9.47 Å². The van der Waals surface area contributed by atoms with E-state index in [0.717, 1.165) is 12.8 Å². The molecule has 2 bridgehead atoms. The van der Waals surface area contributed by atoms with Gasteiger partial charge in [0.2, 0.25) is 0 Å². The van der Waals surface area contributed by atoms with Crippen LogP contribution in [0.4, 0.5) is 0 Å². The zero-order valence-corrected chi connectivity index (χ0v) is 11.4. The van der Waals surface area contributed by atoms with E-state index >= 15 is 0 Å². The molecule has 0 N–H and O–H groups in total. The van der Waals surface area contributed by atoms with Crippen molar-refractivity contribution in [1.82, 2.24) is 0 Å². The maximum atomic E-state index is 12.0. The molecule has 2 aliphatic rings. The van der Waals surface area contributed by atoms with Crippen LogP contribution < -0.4 is 0 Å². The van der Waals surface area contributed by atoms with Crippen molar-refractivity contribution in [2.24, 2.45) is 17.8 Å². The molecule has 0 aromatic heterocycles. The smallest absolute Gasteiger partial charge is 0.334 e. The fourth-order valence-electron chi connectivity index (χ4n) is 2.96. The van der Waals surface area contributed by atoms with E-state index in [-0.39, 0.29) is 23.8 Å². The third-order valence-electron chi connectivity index (χ3n) is 3.76. The van der Waals surface area contributed by atoms with Gasteiger partial charge in [-0.05, 0) is 32.6 Å². The third kappa shape index (κ3) is 2.88. The Balaban J connectivity index is 2.19. The van der Waals surface area contributed by atoms with Crippen LogP contribution in [0.15, 0.2) is 23.8 Å². The summed E-state index contributed by atoms with van der Waals surface area (Å²) in [6.45, 7) is 4.31. The largest absolute Gasteiger partial charge is 0.466 e. The lowest BCUT2D eigenvalue weighted by Gasteiger charge is -2.19. The van der Waals surface area contributed by atoms with Gasteiger partial charge in [-0.1, -0.05) is 18.2 Å². The number of hydrogen-bond donors (Lipinski definition) is 0. The van der Waals surface area contributed by atoms with E-state index in [0.29, 0.717) is 24.7 Å². The molecule has 0 aromatic carbocycles. The van der Waals surface area contributed by atoms with Crippen LogP contribution in [0, 0.1) is 17.8 Å². The van der Waals surface area contributed by atoms with Gasteiger partial charge in [-0.2, -0.15) is 0 Å². The summed E-state index contributed by atoms with van der Waals surface area (Å²) in [7, 11) is 0. The van der Waals surface area contributed by atoms with Gasteiger partial charge in [0.15, 0.2) is 0 Å². The van der Waals surface area contributed by atoms with Gasteiger partial charge in [0.25, 0.3) is 0 Å². The predicted molar refractivity (Wildman–Crippen MR) is 70.2 cm³/mol. The number of fused-ring (bicyclic) bond motifs is 2. The summed E-state index contributed by atoms with van der Waals surface area (Å²) in [6, 6.07) is 0. The number of ether oxygens (including phenoxy) is 2. The summed E-state index contributed by atoms with van der Waals surface area (Å²) in [4.78, 5) is 24.0. The van der Waals surface area contributed by atoms with Crippen molar-refractivity contribution in [3.63, 3.8) is 0 Å². The van der Waals surface area contributed by atoms with Crippen molar-refractivity contribution in [1.29, 1.82) is 0 Å². The molecule has 4 nitrogen and oxygen atoms in total. The number of esters is 2. The topological polar surface area (TPSA) is 52.6 Å². The molecule has 0 aliphatic heterocycles. The quantitative estimate of drug-likeness (QED) is 0.731. The highest BCUT2D eigenvalue weighted by Crippen LogP contribution is 2.43. The molecule has 0 aromatic rings. The van der Waals surface area contributed by atoms with E-state index in [4.69, 9.17) is 9.47 Å². The zero-order chi connectivity index (χ0) is 13.8. The summed E-state index contributed by atoms with van der Waals surface area (Å²) in [5.74, 6) is -0.444. The molecule has 0 radical (unpaired) electrons. The van der Waals surface area contributed by atoms with Gasteiger partial charge in [0.05, 0.1) is 19.1 Å². The lowest BCUT2D eigenvalue weighted by molar-refractivity contribution is -0.149. The number of rotatable bonds is 4. The van der Waals surface area contributed by atoms with E-state index in [1.54, 1.807) is 19.9 Å². The molecular weight excluding hydrogens is 244 g/mol. The van der Waals surface area contributed by atoms with Crippen molar-refractivity contribution in [2.75, 3.05) is 13.2 Å². The standard InChI is InChI=1S/C15H20O4/c1-3-18-14(16)11-7-5-6-10-8-12(11)13(9-10)15(17)19-4-2/h5-7,10,12-13H,3-4,8-9H2,1-2H3/t10-,12+,13+/m1/s1. The molecular formula is C15H20O4. The molecule has 104 valence electrons. The Morgan fingerprint density at radius 2 is 1.95 bits per heavy atom. The fourth-order valence-corrected chi connectivity index (χ4v) is 2.96. The molecule has 2 rings (SSSR count). The molecule has 19 heavy (non-hydrogen) atoms. The molecule has 0 spiro atoms. The van der Waals surface area contributed by atoms with Crippen molar-refractivity contribution in [3.8, 4) is 0 Å². The first-order valence-electron chi connectivity index (χ1n) is 6.89. The summed E-state index contributed by atoms with van der Waals surface area (Å²) in [5, 5.41) is 0. The van der Waals surface area contributed by atoms with Gasteiger partial charge in [-0.25, -0.2) is 4.79 Å². The molecule has 4 heteroatoms. The predicted octanol–water partition coefficient (Wildman–Crippen LogP) is 2.25.